The fraction of sp³-hybridized carbons (Fsp3) is 0.455. The van der Waals surface area contributed by atoms with Crippen molar-refractivity contribution in [1.82, 2.24) is 0 Å². The highest BCUT2D eigenvalue weighted by Crippen LogP contribution is 2.18. The summed E-state index contributed by atoms with van der Waals surface area (Å²) in [5.74, 6) is 1.69. The highest BCUT2D eigenvalue weighted by molar-refractivity contribution is 7.99. The maximum absolute atomic E-state index is 13.0. The van der Waals surface area contributed by atoms with Crippen LogP contribution in [0.25, 0.3) is 0 Å². The highest BCUT2D eigenvalue weighted by atomic mass is 32.2. The van der Waals surface area contributed by atoms with Crippen molar-refractivity contribution < 1.29 is 4.39 Å². The minimum absolute atomic E-state index is 0.0608. The molecule has 1 unspecified atom stereocenters. The van der Waals surface area contributed by atoms with Crippen molar-refractivity contribution in [1.29, 1.82) is 0 Å². The lowest BCUT2D eigenvalue weighted by Gasteiger charge is -2.11. The fourth-order valence-corrected chi connectivity index (χ4v) is 2.00. The van der Waals surface area contributed by atoms with E-state index in [9.17, 15) is 4.39 Å². The number of benzene rings is 1. The first-order chi connectivity index (χ1) is 6.63. The number of hydrogen-bond donors (Lipinski definition) is 1. The molecule has 1 aromatic rings. The largest absolute Gasteiger partial charge is 0.323 e. The first-order valence-corrected chi connectivity index (χ1v) is 5.89. The topological polar surface area (TPSA) is 26.0 Å². The summed E-state index contributed by atoms with van der Waals surface area (Å²) < 4.78 is 13.0. The standard InChI is InChI=1S/C11H16FNS/c1-3-14-7-11(13)9-4-8(2)5-10(12)6-9/h4-6,11H,3,7,13H2,1-2H3. The van der Waals surface area contributed by atoms with Crippen molar-refractivity contribution in [2.75, 3.05) is 11.5 Å². The molecule has 1 nitrogen and oxygen atoms in total. The van der Waals surface area contributed by atoms with E-state index in [4.69, 9.17) is 5.73 Å². The minimum Gasteiger partial charge on any atom is -0.323 e. The molecule has 0 aliphatic heterocycles. The Morgan fingerprint density at radius 1 is 1.43 bits per heavy atom. The van der Waals surface area contributed by atoms with Crippen LogP contribution >= 0.6 is 11.8 Å². The maximum Gasteiger partial charge on any atom is 0.123 e. The lowest BCUT2D eigenvalue weighted by atomic mass is 10.1. The summed E-state index contributed by atoms with van der Waals surface area (Å²) in [6.07, 6.45) is 0. The molecule has 0 aliphatic carbocycles. The van der Waals surface area contributed by atoms with Crippen molar-refractivity contribution in [3.63, 3.8) is 0 Å². The van der Waals surface area contributed by atoms with Gasteiger partial charge in [-0.1, -0.05) is 13.0 Å². The predicted molar refractivity (Wildman–Crippen MR) is 61.1 cm³/mol. The van der Waals surface area contributed by atoms with Gasteiger partial charge < -0.3 is 5.73 Å². The van der Waals surface area contributed by atoms with Gasteiger partial charge in [-0.15, -0.1) is 0 Å². The minimum atomic E-state index is -0.197. The second-order valence-electron chi connectivity index (χ2n) is 3.33. The van der Waals surface area contributed by atoms with E-state index in [2.05, 4.69) is 6.92 Å². The summed E-state index contributed by atoms with van der Waals surface area (Å²) in [6, 6.07) is 4.93. The number of hydrogen-bond acceptors (Lipinski definition) is 2. The summed E-state index contributed by atoms with van der Waals surface area (Å²) in [5, 5.41) is 0. The van der Waals surface area contributed by atoms with Gasteiger partial charge in [0, 0.05) is 11.8 Å². The molecule has 1 aromatic carbocycles. The van der Waals surface area contributed by atoms with Crippen LogP contribution < -0.4 is 5.73 Å². The van der Waals surface area contributed by atoms with Gasteiger partial charge in [-0.05, 0) is 35.9 Å². The van der Waals surface area contributed by atoms with Crippen molar-refractivity contribution >= 4 is 11.8 Å². The van der Waals surface area contributed by atoms with Gasteiger partial charge in [0.1, 0.15) is 5.82 Å². The Balaban J connectivity index is 2.73. The van der Waals surface area contributed by atoms with Crippen LogP contribution in [0.15, 0.2) is 18.2 Å². The van der Waals surface area contributed by atoms with E-state index in [-0.39, 0.29) is 11.9 Å². The zero-order valence-electron chi connectivity index (χ0n) is 8.59. The molecule has 0 fully saturated rings. The molecule has 0 saturated carbocycles. The number of aryl methyl sites for hydroxylation is 1. The number of nitrogens with two attached hydrogens (primary N) is 1. The molecule has 3 heteroatoms. The van der Waals surface area contributed by atoms with Crippen LogP contribution in [-0.4, -0.2) is 11.5 Å². The first kappa shape index (κ1) is 11.5. The molecular formula is C11H16FNS. The summed E-state index contributed by atoms with van der Waals surface area (Å²) in [5.41, 5.74) is 7.75. The van der Waals surface area contributed by atoms with E-state index in [0.717, 1.165) is 22.6 Å². The SMILES string of the molecule is CCSCC(N)c1cc(C)cc(F)c1. The van der Waals surface area contributed by atoms with Gasteiger partial charge in [-0.2, -0.15) is 11.8 Å². The van der Waals surface area contributed by atoms with Crippen molar-refractivity contribution in [2.45, 2.75) is 19.9 Å². The Bertz CT molecular complexity index is 281. The van der Waals surface area contributed by atoms with Crippen LogP contribution in [0.2, 0.25) is 0 Å². The molecule has 0 aliphatic rings. The predicted octanol–water partition coefficient (Wildman–Crippen LogP) is 2.89. The van der Waals surface area contributed by atoms with Gasteiger partial charge >= 0.3 is 0 Å². The summed E-state index contributed by atoms with van der Waals surface area (Å²) in [4.78, 5) is 0. The molecule has 0 radical (unpaired) electrons. The summed E-state index contributed by atoms with van der Waals surface area (Å²) >= 11 is 1.78. The Hall–Kier alpha value is -0.540. The maximum atomic E-state index is 13.0. The molecule has 1 atom stereocenters. The average Bonchev–Trinajstić information content (AvgIpc) is 2.12. The lowest BCUT2D eigenvalue weighted by molar-refractivity contribution is 0.621. The van der Waals surface area contributed by atoms with Crippen LogP contribution in [0, 0.1) is 12.7 Å². The van der Waals surface area contributed by atoms with Crippen LogP contribution in [0.1, 0.15) is 24.1 Å². The molecule has 0 spiro atoms. The zero-order chi connectivity index (χ0) is 10.6. The summed E-state index contributed by atoms with van der Waals surface area (Å²) in [7, 11) is 0. The number of rotatable bonds is 4. The second-order valence-corrected chi connectivity index (χ2v) is 4.65. The second kappa shape index (κ2) is 5.37. The van der Waals surface area contributed by atoms with E-state index in [1.165, 1.54) is 12.1 Å². The van der Waals surface area contributed by atoms with Crippen LogP contribution in [0.5, 0.6) is 0 Å². The molecule has 78 valence electrons. The Morgan fingerprint density at radius 3 is 2.71 bits per heavy atom. The Morgan fingerprint density at radius 2 is 2.14 bits per heavy atom. The molecule has 1 rings (SSSR count). The van der Waals surface area contributed by atoms with Crippen molar-refractivity contribution in [3.8, 4) is 0 Å². The number of halogens is 1. The average molecular weight is 213 g/mol. The van der Waals surface area contributed by atoms with E-state index in [1.807, 2.05) is 13.0 Å². The quantitative estimate of drug-likeness (QED) is 0.832. The molecule has 0 saturated heterocycles. The van der Waals surface area contributed by atoms with Crippen LogP contribution in [0.3, 0.4) is 0 Å². The molecule has 0 bridgehead atoms. The highest BCUT2D eigenvalue weighted by Gasteiger charge is 2.07. The zero-order valence-corrected chi connectivity index (χ0v) is 9.40. The van der Waals surface area contributed by atoms with Gasteiger partial charge in [0.15, 0.2) is 0 Å². The van der Waals surface area contributed by atoms with Gasteiger partial charge in [0.25, 0.3) is 0 Å². The van der Waals surface area contributed by atoms with E-state index < -0.39 is 0 Å². The van der Waals surface area contributed by atoms with E-state index in [0.29, 0.717) is 0 Å². The summed E-state index contributed by atoms with van der Waals surface area (Å²) in [6.45, 7) is 3.97. The third-order valence-corrected chi connectivity index (χ3v) is 3.00. The van der Waals surface area contributed by atoms with Gasteiger partial charge in [-0.3, -0.25) is 0 Å². The third-order valence-electron chi connectivity index (χ3n) is 1.99. The molecule has 2 N–H and O–H groups in total. The van der Waals surface area contributed by atoms with E-state index >= 15 is 0 Å². The molecular weight excluding hydrogens is 197 g/mol. The van der Waals surface area contributed by atoms with Crippen LogP contribution in [-0.2, 0) is 0 Å². The normalized spacial score (nSPS) is 12.9. The van der Waals surface area contributed by atoms with E-state index in [1.54, 1.807) is 11.8 Å². The Labute approximate surface area is 88.9 Å². The van der Waals surface area contributed by atoms with Gasteiger partial charge in [0.05, 0.1) is 0 Å². The van der Waals surface area contributed by atoms with Crippen molar-refractivity contribution in [2.24, 2.45) is 5.73 Å². The smallest absolute Gasteiger partial charge is 0.123 e. The van der Waals surface area contributed by atoms with Gasteiger partial charge in [0.2, 0.25) is 0 Å². The number of thioether (sulfide) groups is 1. The third kappa shape index (κ3) is 3.31. The van der Waals surface area contributed by atoms with Gasteiger partial charge in [-0.25, -0.2) is 4.39 Å². The Kier molecular flexibility index (Phi) is 4.42. The molecule has 14 heavy (non-hydrogen) atoms. The monoisotopic (exact) mass is 213 g/mol. The first-order valence-electron chi connectivity index (χ1n) is 4.74. The van der Waals surface area contributed by atoms with Crippen molar-refractivity contribution in [3.05, 3.63) is 35.1 Å². The lowest BCUT2D eigenvalue weighted by Crippen LogP contribution is -2.13. The fourth-order valence-electron chi connectivity index (χ4n) is 1.32. The van der Waals surface area contributed by atoms with Crippen LogP contribution in [0.4, 0.5) is 4.39 Å². The molecule has 0 heterocycles. The molecule has 0 amide bonds. The molecule has 0 aromatic heterocycles.